The van der Waals surface area contributed by atoms with Gasteiger partial charge in [0.05, 0.1) is 30.7 Å². The van der Waals surface area contributed by atoms with Gasteiger partial charge in [0.15, 0.2) is 0 Å². The third-order valence-corrected chi connectivity index (χ3v) is 5.17. The molecule has 1 aliphatic heterocycles. The van der Waals surface area contributed by atoms with Gasteiger partial charge >= 0.3 is 0 Å². The second-order valence-corrected chi connectivity index (χ2v) is 7.80. The highest BCUT2D eigenvalue weighted by Gasteiger charge is 2.28. The molecule has 0 radical (unpaired) electrons. The number of benzene rings is 1. The number of morpholine rings is 1. The van der Waals surface area contributed by atoms with Gasteiger partial charge in [0.25, 0.3) is 5.91 Å². The number of carbonyl (C=O) groups is 1. The van der Waals surface area contributed by atoms with Crippen molar-refractivity contribution < 1.29 is 14.6 Å². The number of hydrogen-bond acceptors (Lipinski definition) is 5. The molecule has 6 nitrogen and oxygen atoms in total. The number of rotatable bonds is 6. The largest absolute Gasteiger partial charge is 0.387 e. The molecular weight excluding hydrogens is 354 g/mol. The lowest BCUT2D eigenvalue weighted by molar-refractivity contribution is -0.00923. The molecule has 1 fully saturated rings. The smallest absolute Gasteiger partial charge is 0.251 e. The van der Waals surface area contributed by atoms with Crippen LogP contribution in [0.3, 0.4) is 0 Å². The molecule has 1 amide bonds. The van der Waals surface area contributed by atoms with Crippen LogP contribution in [0.25, 0.3) is 11.3 Å². The molecule has 1 aliphatic rings. The Hall–Kier alpha value is -2.28. The van der Waals surface area contributed by atoms with E-state index in [1.807, 2.05) is 30.3 Å². The average Bonchev–Trinajstić information content (AvgIpc) is 2.73. The lowest BCUT2D eigenvalue weighted by Crippen LogP contribution is -2.55. The molecule has 2 aromatic rings. The fraction of sp³-hybridized carbons (Fsp3) is 0.455. The van der Waals surface area contributed by atoms with Gasteiger partial charge < -0.3 is 15.2 Å². The molecule has 1 saturated heterocycles. The Balaban J connectivity index is 1.69. The molecular formula is C22H29N3O3. The van der Waals surface area contributed by atoms with E-state index in [1.165, 1.54) is 0 Å². The first-order valence-corrected chi connectivity index (χ1v) is 9.73. The number of aliphatic hydroxyl groups excluding tert-OH is 1. The molecule has 150 valence electrons. The minimum atomic E-state index is -0.631. The number of aromatic nitrogens is 1. The summed E-state index contributed by atoms with van der Waals surface area (Å²) in [6, 6.07) is 13.0. The third kappa shape index (κ3) is 4.95. The van der Waals surface area contributed by atoms with E-state index in [9.17, 15) is 9.90 Å². The van der Waals surface area contributed by atoms with Crippen LogP contribution in [0, 0.1) is 0 Å². The van der Waals surface area contributed by atoms with E-state index in [-0.39, 0.29) is 11.4 Å². The quantitative estimate of drug-likeness (QED) is 0.802. The van der Waals surface area contributed by atoms with Crippen molar-refractivity contribution >= 4 is 5.91 Å². The lowest BCUT2D eigenvalue weighted by atomic mass is 10.0. The maximum Gasteiger partial charge on any atom is 0.251 e. The molecule has 0 saturated carbocycles. The van der Waals surface area contributed by atoms with E-state index in [2.05, 4.69) is 29.0 Å². The summed E-state index contributed by atoms with van der Waals surface area (Å²) in [5.74, 6) is -0.102. The van der Waals surface area contributed by atoms with E-state index >= 15 is 0 Å². The summed E-state index contributed by atoms with van der Waals surface area (Å²) in [6.07, 6.45) is -0.631. The summed E-state index contributed by atoms with van der Waals surface area (Å²) in [5, 5.41) is 12.8. The van der Waals surface area contributed by atoms with Crippen LogP contribution in [0.15, 0.2) is 42.5 Å². The number of carbonyl (C=O) groups excluding carboxylic acids is 1. The Labute approximate surface area is 166 Å². The summed E-state index contributed by atoms with van der Waals surface area (Å²) in [4.78, 5) is 19.6. The number of pyridine rings is 1. The van der Waals surface area contributed by atoms with Crippen LogP contribution in [0.2, 0.25) is 0 Å². The van der Waals surface area contributed by atoms with Gasteiger partial charge in [0.1, 0.15) is 0 Å². The highest BCUT2D eigenvalue weighted by atomic mass is 16.5. The van der Waals surface area contributed by atoms with Gasteiger partial charge in [-0.1, -0.05) is 18.2 Å². The molecule has 0 aliphatic carbocycles. The maximum absolute atomic E-state index is 12.7. The van der Waals surface area contributed by atoms with Crippen molar-refractivity contribution in [3.05, 3.63) is 53.7 Å². The van der Waals surface area contributed by atoms with Crippen molar-refractivity contribution in [2.45, 2.75) is 32.4 Å². The van der Waals surface area contributed by atoms with Crippen LogP contribution in [0.1, 0.15) is 42.9 Å². The zero-order valence-corrected chi connectivity index (χ0v) is 16.8. The van der Waals surface area contributed by atoms with Crippen molar-refractivity contribution in [2.75, 3.05) is 32.8 Å². The molecule has 6 heteroatoms. The van der Waals surface area contributed by atoms with E-state index in [1.54, 1.807) is 19.1 Å². The van der Waals surface area contributed by atoms with Crippen LogP contribution in [0.4, 0.5) is 0 Å². The Morgan fingerprint density at radius 2 is 1.96 bits per heavy atom. The molecule has 0 spiro atoms. The van der Waals surface area contributed by atoms with Crippen molar-refractivity contribution in [1.82, 2.24) is 15.2 Å². The van der Waals surface area contributed by atoms with E-state index in [0.717, 1.165) is 37.6 Å². The molecule has 1 aromatic heterocycles. The van der Waals surface area contributed by atoms with E-state index < -0.39 is 6.10 Å². The number of nitrogens with zero attached hydrogens (tertiary/aromatic N) is 2. The molecule has 2 heterocycles. The number of aliphatic hydroxyl groups is 1. The Kier molecular flexibility index (Phi) is 6.44. The van der Waals surface area contributed by atoms with Gasteiger partial charge in [-0.05, 0) is 45.0 Å². The maximum atomic E-state index is 12.7. The number of amides is 1. The van der Waals surface area contributed by atoms with Crippen LogP contribution >= 0.6 is 0 Å². The minimum absolute atomic E-state index is 0.102. The fourth-order valence-corrected chi connectivity index (χ4v) is 3.34. The van der Waals surface area contributed by atoms with Crippen molar-refractivity contribution in [1.29, 1.82) is 0 Å². The van der Waals surface area contributed by atoms with Crippen LogP contribution in [0.5, 0.6) is 0 Å². The molecule has 28 heavy (non-hydrogen) atoms. The molecule has 1 aromatic carbocycles. The summed E-state index contributed by atoms with van der Waals surface area (Å²) in [7, 11) is 0. The number of ether oxygens (including phenoxy) is 1. The first kappa shape index (κ1) is 20.5. The van der Waals surface area contributed by atoms with Crippen LogP contribution in [-0.2, 0) is 4.74 Å². The lowest BCUT2D eigenvalue weighted by Gasteiger charge is -2.40. The van der Waals surface area contributed by atoms with Crippen molar-refractivity contribution in [3.8, 4) is 11.3 Å². The highest BCUT2D eigenvalue weighted by Crippen LogP contribution is 2.21. The summed E-state index contributed by atoms with van der Waals surface area (Å²) in [5.41, 5.74) is 2.66. The average molecular weight is 383 g/mol. The van der Waals surface area contributed by atoms with Gasteiger partial charge in [0.2, 0.25) is 0 Å². The summed E-state index contributed by atoms with van der Waals surface area (Å²) >= 11 is 0. The molecule has 3 rings (SSSR count). The van der Waals surface area contributed by atoms with Crippen molar-refractivity contribution in [3.63, 3.8) is 0 Å². The molecule has 1 unspecified atom stereocenters. The van der Waals surface area contributed by atoms with Gasteiger partial charge in [-0.2, -0.15) is 0 Å². The van der Waals surface area contributed by atoms with Gasteiger partial charge in [0, 0.05) is 36.3 Å². The molecule has 2 N–H and O–H groups in total. The Morgan fingerprint density at radius 1 is 1.25 bits per heavy atom. The second kappa shape index (κ2) is 8.82. The number of hydrogen-bond donors (Lipinski definition) is 2. The Bertz CT molecular complexity index is 814. The van der Waals surface area contributed by atoms with Gasteiger partial charge in [-0.3, -0.25) is 14.7 Å². The van der Waals surface area contributed by atoms with Crippen LogP contribution < -0.4 is 5.32 Å². The Morgan fingerprint density at radius 3 is 2.68 bits per heavy atom. The predicted molar refractivity (Wildman–Crippen MR) is 109 cm³/mol. The topological polar surface area (TPSA) is 74.7 Å². The molecule has 1 atom stereocenters. The van der Waals surface area contributed by atoms with Gasteiger partial charge in [-0.25, -0.2) is 0 Å². The van der Waals surface area contributed by atoms with E-state index in [0.29, 0.717) is 17.8 Å². The normalized spacial score (nSPS) is 16.6. The standard InChI is InChI=1S/C22H29N3O3/c1-16(26)19-8-5-9-20(24-19)17-6-4-7-18(14-17)21(27)23-15-22(2,3)25-10-12-28-13-11-25/h4-9,14,16,26H,10-13,15H2,1-3H3,(H,23,27). The molecule has 0 bridgehead atoms. The monoisotopic (exact) mass is 383 g/mol. The SMILES string of the molecule is CC(O)c1cccc(-c2cccc(C(=O)NCC(C)(C)N3CCOCC3)c2)n1. The highest BCUT2D eigenvalue weighted by molar-refractivity contribution is 5.95. The first-order chi connectivity index (χ1) is 13.4. The number of nitrogens with one attached hydrogen (secondary N) is 1. The van der Waals surface area contributed by atoms with Crippen molar-refractivity contribution in [2.24, 2.45) is 0 Å². The minimum Gasteiger partial charge on any atom is -0.387 e. The summed E-state index contributed by atoms with van der Waals surface area (Å²) in [6.45, 7) is 9.75. The van der Waals surface area contributed by atoms with Gasteiger partial charge in [-0.15, -0.1) is 0 Å². The van der Waals surface area contributed by atoms with Crippen LogP contribution in [-0.4, -0.2) is 59.3 Å². The fourth-order valence-electron chi connectivity index (χ4n) is 3.34. The predicted octanol–water partition coefficient (Wildman–Crippen LogP) is 2.64. The van der Waals surface area contributed by atoms with E-state index in [4.69, 9.17) is 4.74 Å². The third-order valence-electron chi connectivity index (χ3n) is 5.17. The summed E-state index contributed by atoms with van der Waals surface area (Å²) < 4.78 is 5.42. The first-order valence-electron chi connectivity index (χ1n) is 9.73. The zero-order chi connectivity index (χ0) is 20.1. The zero-order valence-electron chi connectivity index (χ0n) is 16.8. The second-order valence-electron chi connectivity index (χ2n) is 7.80.